The van der Waals surface area contributed by atoms with Gasteiger partial charge in [-0.1, -0.05) is 0 Å². The number of rotatable bonds is 7. The summed E-state index contributed by atoms with van der Waals surface area (Å²) >= 11 is 0. The lowest BCUT2D eigenvalue weighted by molar-refractivity contribution is -0.430. The van der Waals surface area contributed by atoms with Crippen LogP contribution in [0.3, 0.4) is 0 Å². The highest BCUT2D eigenvalue weighted by Crippen LogP contribution is 2.64. The van der Waals surface area contributed by atoms with Gasteiger partial charge < -0.3 is 0 Å². The summed E-state index contributed by atoms with van der Waals surface area (Å²) in [6, 6.07) is -4.96. The van der Waals surface area contributed by atoms with Crippen LogP contribution in [0, 0.1) is 11.6 Å². The van der Waals surface area contributed by atoms with Gasteiger partial charge in [0.05, 0.1) is 11.1 Å². The third-order valence-corrected chi connectivity index (χ3v) is 5.22. The molecule has 0 nitrogen and oxygen atoms in total. The third kappa shape index (κ3) is 4.79. The van der Waals surface area contributed by atoms with E-state index in [2.05, 4.69) is 0 Å². The van der Waals surface area contributed by atoms with Gasteiger partial charge in [0.1, 0.15) is 11.6 Å². The van der Waals surface area contributed by atoms with Crippen molar-refractivity contribution in [2.24, 2.45) is 0 Å². The van der Waals surface area contributed by atoms with Crippen molar-refractivity contribution < 1.29 is 87.8 Å². The van der Waals surface area contributed by atoms with Crippen LogP contribution in [0.4, 0.5) is 87.8 Å². The molecule has 0 unspecified atom stereocenters. The molecular formula is C20H6F20. The Balaban J connectivity index is 2.80. The number of hydrogen-bond acceptors (Lipinski definition) is 0. The van der Waals surface area contributed by atoms with Gasteiger partial charge in [-0.15, -0.1) is 0 Å². The summed E-state index contributed by atoms with van der Waals surface area (Å²) in [5.41, 5.74) is -13.2. The van der Waals surface area contributed by atoms with Gasteiger partial charge in [-0.25, -0.2) is 8.78 Å². The topological polar surface area (TPSA) is 0 Å². The van der Waals surface area contributed by atoms with E-state index in [0.717, 1.165) is 0 Å². The van der Waals surface area contributed by atoms with Gasteiger partial charge in [-0.3, -0.25) is 0 Å². The molecule has 0 fully saturated rings. The summed E-state index contributed by atoms with van der Waals surface area (Å²) in [5.74, 6) is -52.1. The van der Waals surface area contributed by atoms with Crippen LogP contribution < -0.4 is 0 Å². The Morgan fingerprint density at radius 2 is 0.575 bits per heavy atom. The first-order valence-electron chi connectivity index (χ1n) is 9.51. The predicted octanol–water partition coefficient (Wildman–Crippen LogP) is 9.43. The van der Waals surface area contributed by atoms with Crippen molar-refractivity contribution in [3.63, 3.8) is 0 Å². The van der Waals surface area contributed by atoms with E-state index in [9.17, 15) is 87.8 Å². The molecule has 0 aliphatic rings. The molecule has 0 spiro atoms. The monoisotopic (exact) mass is 626 g/mol. The minimum atomic E-state index is -8.48. The van der Waals surface area contributed by atoms with E-state index >= 15 is 0 Å². The lowest BCUT2D eigenvalue weighted by Crippen LogP contribution is -2.69. The molecule has 0 heterocycles. The Morgan fingerprint density at radius 3 is 0.800 bits per heavy atom. The Hall–Kier alpha value is -2.96. The summed E-state index contributed by atoms with van der Waals surface area (Å²) in [6.07, 6.45) is -12.6. The summed E-state index contributed by atoms with van der Waals surface area (Å²) in [7, 11) is 0. The van der Waals surface area contributed by atoms with Crippen molar-refractivity contribution in [2.75, 3.05) is 0 Å². The second kappa shape index (κ2) is 9.28. The number of alkyl halides is 18. The lowest BCUT2D eigenvalue weighted by Gasteiger charge is -2.42. The molecule has 0 N–H and O–H groups in total. The van der Waals surface area contributed by atoms with Gasteiger partial charge in [0.2, 0.25) is 0 Å². The molecule has 2 rings (SSSR count). The maximum Gasteiger partial charge on any atom is 0.417 e. The molecule has 0 radical (unpaired) electrons. The van der Waals surface area contributed by atoms with Crippen molar-refractivity contribution in [3.8, 4) is 0 Å². The van der Waals surface area contributed by atoms with E-state index in [-0.39, 0.29) is 0 Å². The quantitative estimate of drug-likeness (QED) is 0.269. The van der Waals surface area contributed by atoms with Gasteiger partial charge in [-0.05, 0) is 36.4 Å². The Morgan fingerprint density at radius 1 is 0.325 bits per heavy atom. The molecule has 0 bridgehead atoms. The maximum absolute atomic E-state index is 14.3. The van der Waals surface area contributed by atoms with Crippen LogP contribution in [0.2, 0.25) is 0 Å². The zero-order valence-electron chi connectivity index (χ0n) is 18.0. The highest BCUT2D eigenvalue weighted by atomic mass is 19.4. The van der Waals surface area contributed by atoms with E-state index in [1.165, 1.54) is 0 Å². The zero-order chi connectivity index (χ0) is 31.7. The number of halogens is 20. The lowest BCUT2D eigenvalue weighted by atomic mass is 9.85. The standard InChI is InChI=1S/C20H6F20/c21-7-1-3-9(11(5-7)15(27,28)29)13(23,24)17(33,34)19(37,38)20(39,40)18(35,36)14(25,26)10-4-2-8(22)6-12(10)16(30,31)32/h1-6H. The van der Waals surface area contributed by atoms with Gasteiger partial charge in [-0.2, -0.15) is 79.0 Å². The molecule has 2 aromatic rings. The Kier molecular flexibility index (Phi) is 7.72. The molecular weight excluding hydrogens is 620 g/mol. The average Bonchev–Trinajstić information content (AvgIpc) is 2.76. The van der Waals surface area contributed by atoms with E-state index in [1.807, 2.05) is 0 Å². The van der Waals surface area contributed by atoms with Crippen molar-refractivity contribution in [3.05, 3.63) is 70.3 Å². The molecule has 0 saturated heterocycles. The molecule has 2 aromatic carbocycles. The molecule has 0 amide bonds. The van der Waals surface area contributed by atoms with Crippen LogP contribution in [0.15, 0.2) is 36.4 Å². The largest absolute Gasteiger partial charge is 0.417 e. The fourth-order valence-electron chi connectivity index (χ4n) is 3.18. The van der Waals surface area contributed by atoms with Crippen molar-refractivity contribution in [2.45, 2.75) is 47.9 Å². The molecule has 20 heteroatoms. The Bertz CT molecular complexity index is 1150. The fourth-order valence-corrected chi connectivity index (χ4v) is 3.18. The molecule has 0 saturated carbocycles. The first-order valence-corrected chi connectivity index (χ1v) is 9.51. The highest BCUT2D eigenvalue weighted by molar-refractivity contribution is 5.38. The van der Waals surface area contributed by atoms with Gasteiger partial charge >= 0.3 is 47.9 Å². The van der Waals surface area contributed by atoms with Gasteiger partial charge in [0.15, 0.2) is 0 Å². The van der Waals surface area contributed by atoms with Crippen LogP contribution in [0.5, 0.6) is 0 Å². The average molecular weight is 626 g/mol. The Labute approximate surface area is 207 Å². The second-order valence-electron chi connectivity index (χ2n) is 7.82. The minimum Gasteiger partial charge on any atom is -0.207 e. The molecule has 0 atom stereocenters. The summed E-state index contributed by atoms with van der Waals surface area (Å²) in [6.45, 7) is 0. The SMILES string of the molecule is Fc1ccc(C(F)(F)C(F)(F)C(F)(F)C(F)(F)C(F)(F)C(F)(F)c2ccc(F)cc2C(F)(F)F)c(C(F)(F)F)c1. The molecule has 0 aliphatic heterocycles. The highest BCUT2D eigenvalue weighted by Gasteiger charge is 2.90. The molecule has 0 aromatic heterocycles. The van der Waals surface area contributed by atoms with Crippen LogP contribution >= 0.6 is 0 Å². The summed E-state index contributed by atoms with van der Waals surface area (Å²) in [4.78, 5) is 0. The van der Waals surface area contributed by atoms with Crippen LogP contribution in [0.25, 0.3) is 0 Å². The summed E-state index contributed by atoms with van der Waals surface area (Å²) < 4.78 is 275. The van der Waals surface area contributed by atoms with E-state index in [1.54, 1.807) is 0 Å². The van der Waals surface area contributed by atoms with Crippen LogP contribution in [-0.2, 0) is 24.2 Å². The van der Waals surface area contributed by atoms with E-state index in [0.29, 0.717) is 0 Å². The molecule has 226 valence electrons. The smallest absolute Gasteiger partial charge is 0.207 e. The molecule has 40 heavy (non-hydrogen) atoms. The maximum atomic E-state index is 14.3. The normalized spacial score (nSPS) is 15.0. The number of hydrogen-bond donors (Lipinski definition) is 0. The van der Waals surface area contributed by atoms with Crippen LogP contribution in [0.1, 0.15) is 22.3 Å². The summed E-state index contributed by atoms with van der Waals surface area (Å²) in [5, 5.41) is 0. The van der Waals surface area contributed by atoms with Crippen LogP contribution in [-0.4, -0.2) is 23.7 Å². The van der Waals surface area contributed by atoms with Crippen molar-refractivity contribution in [1.82, 2.24) is 0 Å². The first-order chi connectivity index (χ1) is 17.5. The van der Waals surface area contributed by atoms with Gasteiger partial charge in [0.25, 0.3) is 0 Å². The van der Waals surface area contributed by atoms with E-state index in [4.69, 9.17) is 0 Å². The first kappa shape index (κ1) is 33.2. The fraction of sp³-hybridized carbons (Fsp3) is 0.400. The van der Waals surface area contributed by atoms with Crippen molar-refractivity contribution in [1.29, 1.82) is 0 Å². The third-order valence-electron chi connectivity index (χ3n) is 5.22. The van der Waals surface area contributed by atoms with Gasteiger partial charge in [0, 0.05) is 11.1 Å². The van der Waals surface area contributed by atoms with Crippen molar-refractivity contribution >= 4 is 0 Å². The molecule has 0 aliphatic carbocycles. The second-order valence-corrected chi connectivity index (χ2v) is 7.82. The predicted molar refractivity (Wildman–Crippen MR) is 90.4 cm³/mol. The minimum absolute atomic E-state index is 0.499. The van der Waals surface area contributed by atoms with E-state index < -0.39 is 118 Å². The number of benzene rings is 2. The zero-order valence-corrected chi connectivity index (χ0v) is 18.0.